The molecule has 0 spiro atoms. The lowest BCUT2D eigenvalue weighted by atomic mass is 9.77. The Balaban J connectivity index is 1.82. The van der Waals surface area contributed by atoms with Gasteiger partial charge in [0.2, 0.25) is 0 Å². The molecular weight excluding hydrogens is 278 g/mol. The third-order valence-corrected chi connectivity index (χ3v) is 7.51. The second-order valence-electron chi connectivity index (χ2n) is 5.80. The van der Waals surface area contributed by atoms with Crippen molar-refractivity contribution in [3.8, 4) is 0 Å². The summed E-state index contributed by atoms with van der Waals surface area (Å²) in [6, 6.07) is 8.46. The molecule has 0 amide bonds. The van der Waals surface area contributed by atoms with E-state index in [1.54, 1.807) is 0 Å². The van der Waals surface area contributed by atoms with Crippen LogP contribution in [0.5, 0.6) is 0 Å². The number of thioether (sulfide) groups is 1. The first-order valence-corrected chi connectivity index (χ1v) is 9.47. The van der Waals surface area contributed by atoms with E-state index in [-0.39, 0.29) is 11.2 Å². The third kappa shape index (κ3) is 2.56. The van der Waals surface area contributed by atoms with Gasteiger partial charge in [0.1, 0.15) is 0 Å². The van der Waals surface area contributed by atoms with E-state index < -0.39 is 9.84 Å². The van der Waals surface area contributed by atoms with Crippen molar-refractivity contribution < 1.29 is 8.42 Å². The van der Waals surface area contributed by atoms with E-state index in [2.05, 4.69) is 24.3 Å². The fourth-order valence-electron chi connectivity index (χ4n) is 3.31. The van der Waals surface area contributed by atoms with E-state index in [9.17, 15) is 8.42 Å². The molecular formula is C14H19NO2S2. The van der Waals surface area contributed by atoms with Crippen molar-refractivity contribution >= 4 is 21.6 Å². The van der Waals surface area contributed by atoms with Crippen LogP contribution in [0.3, 0.4) is 0 Å². The van der Waals surface area contributed by atoms with Gasteiger partial charge in [0.05, 0.1) is 11.5 Å². The van der Waals surface area contributed by atoms with E-state index in [0.29, 0.717) is 18.2 Å². The fraction of sp³-hybridized carbons (Fsp3) is 0.571. The maximum atomic E-state index is 11.8. The molecule has 19 heavy (non-hydrogen) atoms. The molecule has 1 fully saturated rings. The monoisotopic (exact) mass is 297 g/mol. The minimum Gasteiger partial charge on any atom is -0.330 e. The number of rotatable bonds is 3. The molecule has 104 valence electrons. The summed E-state index contributed by atoms with van der Waals surface area (Å²) in [5.74, 6) is 2.10. The summed E-state index contributed by atoms with van der Waals surface area (Å²) in [6.07, 6.45) is 1.64. The molecule has 0 saturated carbocycles. The zero-order chi connectivity index (χ0) is 13.5. The van der Waals surface area contributed by atoms with Crippen LogP contribution in [0, 0.1) is 5.41 Å². The number of hydrogen-bond acceptors (Lipinski definition) is 4. The zero-order valence-corrected chi connectivity index (χ0v) is 12.5. The maximum absolute atomic E-state index is 11.8. The molecule has 2 heterocycles. The molecule has 0 aliphatic carbocycles. The average molecular weight is 297 g/mol. The molecule has 2 N–H and O–H groups in total. The Morgan fingerprint density at radius 1 is 1.37 bits per heavy atom. The van der Waals surface area contributed by atoms with Crippen molar-refractivity contribution in [2.24, 2.45) is 11.1 Å². The van der Waals surface area contributed by atoms with Crippen LogP contribution < -0.4 is 5.73 Å². The van der Waals surface area contributed by atoms with E-state index in [4.69, 9.17) is 5.73 Å². The van der Waals surface area contributed by atoms with E-state index in [1.807, 2.05) is 11.8 Å². The lowest BCUT2D eigenvalue weighted by molar-refractivity contribution is 0.298. The van der Waals surface area contributed by atoms with Gasteiger partial charge in [0, 0.05) is 10.6 Å². The van der Waals surface area contributed by atoms with Gasteiger partial charge in [-0.15, -0.1) is 11.8 Å². The van der Waals surface area contributed by atoms with Gasteiger partial charge in [0.15, 0.2) is 9.84 Å². The van der Waals surface area contributed by atoms with E-state index in [1.165, 1.54) is 10.5 Å². The highest BCUT2D eigenvalue weighted by molar-refractivity contribution is 7.99. The Hall–Kier alpha value is -0.520. The highest BCUT2D eigenvalue weighted by Gasteiger charge is 2.43. The van der Waals surface area contributed by atoms with Gasteiger partial charge in [-0.05, 0) is 42.3 Å². The summed E-state index contributed by atoms with van der Waals surface area (Å²) in [7, 11) is -2.87. The number of hydrogen-bond donors (Lipinski definition) is 1. The number of benzene rings is 1. The smallest absolute Gasteiger partial charge is 0.150 e. The predicted molar refractivity (Wildman–Crippen MR) is 79.3 cm³/mol. The molecule has 1 aromatic rings. The highest BCUT2D eigenvalue weighted by atomic mass is 32.2. The van der Waals surface area contributed by atoms with E-state index >= 15 is 0 Å². The average Bonchev–Trinajstić information content (AvgIpc) is 2.93. The largest absolute Gasteiger partial charge is 0.330 e. The first kappa shape index (κ1) is 13.5. The van der Waals surface area contributed by atoms with Gasteiger partial charge < -0.3 is 5.73 Å². The maximum Gasteiger partial charge on any atom is 0.150 e. The van der Waals surface area contributed by atoms with Gasteiger partial charge in [-0.25, -0.2) is 8.42 Å². The SMILES string of the molecule is NCC1(CC2CSc3ccccc32)CCS(=O)(=O)C1. The van der Waals surface area contributed by atoms with Gasteiger partial charge in [0.25, 0.3) is 0 Å². The molecule has 0 radical (unpaired) electrons. The van der Waals surface area contributed by atoms with Crippen LogP contribution in [-0.2, 0) is 9.84 Å². The van der Waals surface area contributed by atoms with Crippen molar-refractivity contribution in [3.63, 3.8) is 0 Å². The molecule has 0 bridgehead atoms. The molecule has 3 rings (SSSR count). The third-order valence-electron chi connectivity index (χ3n) is 4.38. The second kappa shape index (κ2) is 4.79. The molecule has 1 saturated heterocycles. The van der Waals surface area contributed by atoms with Crippen LogP contribution in [0.4, 0.5) is 0 Å². The Morgan fingerprint density at radius 3 is 2.84 bits per heavy atom. The summed E-state index contributed by atoms with van der Waals surface area (Å²) in [4.78, 5) is 1.35. The molecule has 3 nitrogen and oxygen atoms in total. The molecule has 5 heteroatoms. The Labute approximate surface area is 118 Å². The summed E-state index contributed by atoms with van der Waals surface area (Å²) >= 11 is 1.88. The van der Waals surface area contributed by atoms with Gasteiger partial charge in [-0.1, -0.05) is 18.2 Å². The Kier molecular flexibility index (Phi) is 3.39. The lowest BCUT2D eigenvalue weighted by Crippen LogP contribution is -2.33. The number of sulfone groups is 1. The van der Waals surface area contributed by atoms with Crippen LogP contribution in [0.25, 0.3) is 0 Å². The van der Waals surface area contributed by atoms with Crippen LogP contribution in [-0.4, -0.2) is 32.2 Å². The van der Waals surface area contributed by atoms with Gasteiger partial charge in [-0.3, -0.25) is 0 Å². The summed E-state index contributed by atoms with van der Waals surface area (Å²) in [5, 5.41) is 0. The first-order chi connectivity index (χ1) is 9.04. The summed E-state index contributed by atoms with van der Waals surface area (Å²) < 4.78 is 23.5. The topological polar surface area (TPSA) is 60.2 Å². The van der Waals surface area contributed by atoms with Crippen molar-refractivity contribution in [3.05, 3.63) is 29.8 Å². The summed E-state index contributed by atoms with van der Waals surface area (Å²) in [5.41, 5.74) is 7.10. The minimum atomic E-state index is -2.87. The molecule has 2 unspecified atom stereocenters. The van der Waals surface area contributed by atoms with Gasteiger partial charge in [-0.2, -0.15) is 0 Å². The first-order valence-electron chi connectivity index (χ1n) is 6.66. The molecule has 2 atom stereocenters. The molecule has 1 aromatic carbocycles. The number of nitrogens with two attached hydrogens (primary N) is 1. The van der Waals surface area contributed by atoms with Crippen molar-refractivity contribution in [1.29, 1.82) is 0 Å². The van der Waals surface area contributed by atoms with Crippen LogP contribution in [0.15, 0.2) is 29.2 Å². The van der Waals surface area contributed by atoms with Crippen molar-refractivity contribution in [2.75, 3.05) is 23.8 Å². The summed E-state index contributed by atoms with van der Waals surface area (Å²) in [6.45, 7) is 0.482. The van der Waals surface area contributed by atoms with Crippen LogP contribution in [0.1, 0.15) is 24.3 Å². The zero-order valence-electron chi connectivity index (χ0n) is 10.8. The minimum absolute atomic E-state index is 0.193. The Bertz CT molecular complexity index is 585. The predicted octanol–water partition coefficient (Wildman–Crippen LogP) is 2.03. The van der Waals surface area contributed by atoms with Crippen LogP contribution in [0.2, 0.25) is 0 Å². The molecule has 2 aliphatic heterocycles. The molecule has 2 aliphatic rings. The Morgan fingerprint density at radius 2 is 2.16 bits per heavy atom. The highest BCUT2D eigenvalue weighted by Crippen LogP contribution is 2.47. The molecule has 0 aromatic heterocycles. The van der Waals surface area contributed by atoms with Gasteiger partial charge >= 0.3 is 0 Å². The standard InChI is InChI=1S/C14H19NO2S2/c15-9-14(5-6-19(16,17)10-14)7-11-8-18-13-4-2-1-3-12(11)13/h1-4,11H,5-10,15H2. The van der Waals surface area contributed by atoms with Crippen molar-refractivity contribution in [1.82, 2.24) is 0 Å². The lowest BCUT2D eigenvalue weighted by Gasteiger charge is -2.29. The van der Waals surface area contributed by atoms with E-state index in [0.717, 1.165) is 18.6 Å². The normalized spacial score (nSPS) is 32.4. The second-order valence-corrected chi connectivity index (χ2v) is 9.04. The van der Waals surface area contributed by atoms with Crippen molar-refractivity contribution in [2.45, 2.75) is 23.7 Å². The number of fused-ring (bicyclic) bond motifs is 1. The van der Waals surface area contributed by atoms with Crippen LogP contribution >= 0.6 is 11.8 Å². The quantitative estimate of drug-likeness (QED) is 0.927. The fourth-order valence-corrected chi connectivity index (χ4v) is 6.76.